The SMILES string of the molecule is Cn1cnc2c1c(=O)n(CC(=O)Nc1ncc(Cc3ccccc3)s1)c(=O)n2C. The molecule has 29 heavy (non-hydrogen) atoms. The Morgan fingerprint density at radius 2 is 1.90 bits per heavy atom. The summed E-state index contributed by atoms with van der Waals surface area (Å²) in [6.45, 7) is -0.403. The number of anilines is 1. The number of benzene rings is 1. The molecule has 0 aliphatic carbocycles. The largest absolute Gasteiger partial charge is 0.332 e. The molecule has 0 aliphatic rings. The van der Waals surface area contributed by atoms with Crippen molar-refractivity contribution in [3.05, 3.63) is 74.1 Å². The molecule has 148 valence electrons. The fourth-order valence-corrected chi connectivity index (χ4v) is 3.95. The van der Waals surface area contributed by atoms with E-state index >= 15 is 0 Å². The molecule has 1 N–H and O–H groups in total. The number of amides is 1. The van der Waals surface area contributed by atoms with E-state index in [1.165, 1.54) is 33.8 Å². The molecule has 0 saturated heterocycles. The van der Waals surface area contributed by atoms with Gasteiger partial charge in [-0.05, 0) is 5.56 Å². The smallest absolute Gasteiger partial charge is 0.328 e. The van der Waals surface area contributed by atoms with E-state index in [2.05, 4.69) is 15.3 Å². The van der Waals surface area contributed by atoms with E-state index in [1.807, 2.05) is 30.3 Å². The van der Waals surface area contributed by atoms with Crippen LogP contribution in [0.25, 0.3) is 11.2 Å². The Morgan fingerprint density at radius 3 is 2.66 bits per heavy atom. The van der Waals surface area contributed by atoms with Gasteiger partial charge in [-0.2, -0.15) is 0 Å². The number of aryl methyl sites for hydroxylation is 2. The number of hydrogen-bond donors (Lipinski definition) is 1. The van der Waals surface area contributed by atoms with Crippen LogP contribution in [0.1, 0.15) is 10.4 Å². The van der Waals surface area contributed by atoms with Crippen LogP contribution in [0, 0.1) is 0 Å². The van der Waals surface area contributed by atoms with Crippen LogP contribution in [-0.2, 0) is 31.9 Å². The number of carbonyl (C=O) groups is 1. The van der Waals surface area contributed by atoms with Gasteiger partial charge >= 0.3 is 5.69 Å². The molecule has 0 spiro atoms. The van der Waals surface area contributed by atoms with Crippen molar-refractivity contribution in [2.45, 2.75) is 13.0 Å². The fourth-order valence-electron chi connectivity index (χ4n) is 3.08. The first-order valence-electron chi connectivity index (χ1n) is 8.83. The van der Waals surface area contributed by atoms with Crippen molar-refractivity contribution in [1.29, 1.82) is 0 Å². The number of rotatable bonds is 5. The first-order chi connectivity index (χ1) is 13.9. The molecule has 0 unspecified atom stereocenters. The molecule has 0 fully saturated rings. The van der Waals surface area contributed by atoms with Crippen LogP contribution in [-0.4, -0.2) is 29.6 Å². The summed E-state index contributed by atoms with van der Waals surface area (Å²) in [7, 11) is 3.18. The van der Waals surface area contributed by atoms with Gasteiger partial charge in [-0.25, -0.2) is 19.3 Å². The van der Waals surface area contributed by atoms with Gasteiger partial charge < -0.3 is 9.88 Å². The molecule has 0 saturated carbocycles. The Hall–Kier alpha value is -3.53. The van der Waals surface area contributed by atoms with Gasteiger partial charge in [0, 0.05) is 31.6 Å². The van der Waals surface area contributed by atoms with Crippen LogP contribution in [0.2, 0.25) is 0 Å². The van der Waals surface area contributed by atoms with Crippen LogP contribution in [0.5, 0.6) is 0 Å². The summed E-state index contributed by atoms with van der Waals surface area (Å²) in [4.78, 5) is 46.9. The fraction of sp³-hybridized carbons (Fsp3) is 0.211. The summed E-state index contributed by atoms with van der Waals surface area (Å²) >= 11 is 1.36. The van der Waals surface area contributed by atoms with Gasteiger partial charge in [0.1, 0.15) is 6.54 Å². The molecule has 1 amide bonds. The van der Waals surface area contributed by atoms with Gasteiger partial charge in [0.2, 0.25) is 5.91 Å². The lowest BCUT2D eigenvalue weighted by Gasteiger charge is -2.08. The Bertz CT molecular complexity index is 1320. The summed E-state index contributed by atoms with van der Waals surface area (Å²) < 4.78 is 3.69. The Labute approximate surface area is 168 Å². The van der Waals surface area contributed by atoms with E-state index in [-0.39, 0.29) is 11.2 Å². The third-order valence-electron chi connectivity index (χ3n) is 4.52. The molecular weight excluding hydrogens is 392 g/mol. The summed E-state index contributed by atoms with van der Waals surface area (Å²) in [5, 5.41) is 3.09. The normalized spacial score (nSPS) is 11.1. The van der Waals surface area contributed by atoms with Crippen molar-refractivity contribution in [3.63, 3.8) is 0 Å². The molecule has 1 aromatic carbocycles. The second-order valence-corrected chi connectivity index (χ2v) is 7.72. The average Bonchev–Trinajstić information content (AvgIpc) is 3.30. The third-order valence-corrected chi connectivity index (χ3v) is 5.44. The molecule has 4 aromatic rings. The molecule has 10 heteroatoms. The first kappa shape index (κ1) is 18.8. The quantitative estimate of drug-likeness (QED) is 0.531. The molecule has 9 nitrogen and oxygen atoms in total. The van der Waals surface area contributed by atoms with Crippen LogP contribution in [0.4, 0.5) is 5.13 Å². The van der Waals surface area contributed by atoms with Crippen molar-refractivity contribution < 1.29 is 4.79 Å². The highest BCUT2D eigenvalue weighted by atomic mass is 32.1. The van der Waals surface area contributed by atoms with E-state index < -0.39 is 23.7 Å². The summed E-state index contributed by atoms with van der Waals surface area (Å²) in [5.74, 6) is -0.494. The van der Waals surface area contributed by atoms with E-state index in [9.17, 15) is 14.4 Å². The highest BCUT2D eigenvalue weighted by Crippen LogP contribution is 2.21. The highest BCUT2D eigenvalue weighted by Gasteiger charge is 2.17. The van der Waals surface area contributed by atoms with Gasteiger partial charge in [-0.1, -0.05) is 30.3 Å². The van der Waals surface area contributed by atoms with Crippen molar-refractivity contribution in [3.8, 4) is 0 Å². The lowest BCUT2D eigenvalue weighted by atomic mass is 10.1. The topological polar surface area (TPSA) is 104 Å². The maximum atomic E-state index is 12.7. The zero-order valence-corrected chi connectivity index (χ0v) is 16.6. The molecule has 3 heterocycles. The molecule has 0 bridgehead atoms. The number of carbonyl (C=O) groups excluding carboxylic acids is 1. The average molecular weight is 410 g/mol. The van der Waals surface area contributed by atoms with Crippen LogP contribution in [0.3, 0.4) is 0 Å². The van der Waals surface area contributed by atoms with E-state index in [1.54, 1.807) is 13.2 Å². The second kappa shape index (κ2) is 7.47. The van der Waals surface area contributed by atoms with Crippen LogP contribution >= 0.6 is 11.3 Å². The minimum Gasteiger partial charge on any atom is -0.328 e. The molecule has 0 aliphatic heterocycles. The molecule has 4 rings (SSSR count). The number of nitrogens with zero attached hydrogens (tertiary/aromatic N) is 5. The Morgan fingerprint density at radius 1 is 1.14 bits per heavy atom. The van der Waals surface area contributed by atoms with Crippen LogP contribution in [0.15, 0.2) is 52.4 Å². The molecule has 0 radical (unpaired) electrons. The Kier molecular flexibility index (Phi) is 4.85. The molecule has 3 aromatic heterocycles. The predicted octanol–water partition coefficient (Wildman–Crippen LogP) is 1.12. The minimum absolute atomic E-state index is 0.263. The maximum Gasteiger partial charge on any atom is 0.332 e. The standard InChI is InChI=1S/C19H18N6O3S/c1-23-11-21-16-15(23)17(27)25(19(28)24(16)2)10-14(26)22-18-20-9-13(29-18)8-12-6-4-3-5-7-12/h3-7,9,11H,8,10H2,1-2H3,(H,20,22,26). The zero-order chi connectivity index (χ0) is 20.5. The lowest BCUT2D eigenvalue weighted by molar-refractivity contribution is -0.116. The van der Waals surface area contributed by atoms with Crippen molar-refractivity contribution >= 4 is 33.5 Å². The van der Waals surface area contributed by atoms with Gasteiger partial charge in [-0.3, -0.25) is 14.2 Å². The summed E-state index contributed by atoms with van der Waals surface area (Å²) in [6, 6.07) is 9.94. The minimum atomic E-state index is -0.597. The van der Waals surface area contributed by atoms with Gasteiger partial charge in [-0.15, -0.1) is 11.3 Å². The lowest BCUT2D eigenvalue weighted by Crippen LogP contribution is -2.42. The maximum absolute atomic E-state index is 12.7. The van der Waals surface area contributed by atoms with Crippen molar-refractivity contribution in [2.24, 2.45) is 14.1 Å². The number of imidazole rings is 1. The number of fused-ring (bicyclic) bond motifs is 1. The summed E-state index contributed by atoms with van der Waals surface area (Å²) in [6.07, 6.45) is 3.88. The van der Waals surface area contributed by atoms with Gasteiger partial charge in [0.15, 0.2) is 16.3 Å². The van der Waals surface area contributed by atoms with Gasteiger partial charge in [0.25, 0.3) is 5.56 Å². The third kappa shape index (κ3) is 3.61. The molecular formula is C19H18N6O3S. The van der Waals surface area contributed by atoms with Crippen molar-refractivity contribution in [1.82, 2.24) is 23.7 Å². The Balaban J connectivity index is 1.53. The van der Waals surface area contributed by atoms with Crippen LogP contribution < -0.4 is 16.6 Å². The predicted molar refractivity (Wildman–Crippen MR) is 110 cm³/mol. The monoisotopic (exact) mass is 410 g/mol. The first-order valence-corrected chi connectivity index (χ1v) is 9.65. The number of aromatic nitrogens is 5. The summed E-state index contributed by atoms with van der Waals surface area (Å²) in [5.41, 5.74) is 0.542. The second-order valence-electron chi connectivity index (χ2n) is 6.60. The zero-order valence-electron chi connectivity index (χ0n) is 15.8. The van der Waals surface area contributed by atoms with E-state index in [4.69, 9.17) is 0 Å². The van der Waals surface area contributed by atoms with E-state index in [0.29, 0.717) is 11.6 Å². The van der Waals surface area contributed by atoms with E-state index in [0.717, 1.165) is 15.0 Å². The number of hydrogen-bond acceptors (Lipinski definition) is 6. The number of nitrogens with one attached hydrogen (secondary N) is 1. The van der Waals surface area contributed by atoms with Gasteiger partial charge in [0.05, 0.1) is 6.33 Å². The van der Waals surface area contributed by atoms with Crippen molar-refractivity contribution in [2.75, 3.05) is 5.32 Å². The molecule has 0 atom stereocenters. The highest BCUT2D eigenvalue weighted by molar-refractivity contribution is 7.15. The number of thiazole rings is 1.